The van der Waals surface area contributed by atoms with Crippen molar-refractivity contribution in [3.63, 3.8) is 0 Å². The number of hydrogen-bond acceptors (Lipinski definition) is 3. The second-order valence-electron chi connectivity index (χ2n) is 3.58. The molecule has 0 aliphatic rings. The Morgan fingerprint density at radius 3 is 2.81 bits per heavy atom. The summed E-state index contributed by atoms with van der Waals surface area (Å²) in [5, 5.41) is 15.2. The molecule has 0 radical (unpaired) electrons. The summed E-state index contributed by atoms with van der Waals surface area (Å²) in [5.74, 6) is 0.366. The van der Waals surface area contributed by atoms with Crippen LogP contribution >= 0.6 is 0 Å². The molecule has 1 rings (SSSR count). The Morgan fingerprint density at radius 2 is 2.12 bits per heavy atom. The molecule has 0 fully saturated rings. The highest BCUT2D eigenvalue weighted by Gasteiger charge is 1.99. The second kappa shape index (κ2) is 6.85. The van der Waals surface area contributed by atoms with E-state index < -0.39 is 0 Å². The molecule has 16 heavy (non-hydrogen) atoms. The fourth-order valence-corrected chi connectivity index (χ4v) is 1.38. The summed E-state index contributed by atoms with van der Waals surface area (Å²) in [7, 11) is 1.64. The van der Waals surface area contributed by atoms with Gasteiger partial charge in [0.25, 0.3) is 0 Å². The summed E-state index contributed by atoms with van der Waals surface area (Å²) in [6, 6.07) is 7.23. The number of phenols is 1. The van der Waals surface area contributed by atoms with Crippen molar-refractivity contribution in [2.75, 3.05) is 13.6 Å². The highest BCUT2D eigenvalue weighted by atomic mass is 16.3. The van der Waals surface area contributed by atoms with Crippen LogP contribution in [0, 0.1) is 0 Å². The van der Waals surface area contributed by atoms with Crippen LogP contribution in [0.5, 0.6) is 5.75 Å². The maximum absolute atomic E-state index is 10.9. The maximum atomic E-state index is 10.9. The molecule has 3 N–H and O–H groups in total. The molecule has 0 heterocycles. The van der Waals surface area contributed by atoms with Crippen LogP contribution in [0.2, 0.25) is 0 Å². The van der Waals surface area contributed by atoms with E-state index in [4.69, 9.17) is 0 Å². The summed E-state index contributed by atoms with van der Waals surface area (Å²) < 4.78 is 0. The molecule has 88 valence electrons. The van der Waals surface area contributed by atoms with Crippen LogP contribution < -0.4 is 10.6 Å². The van der Waals surface area contributed by atoms with E-state index in [9.17, 15) is 9.90 Å². The number of aromatic hydroxyl groups is 1. The van der Waals surface area contributed by atoms with Crippen LogP contribution in [0.15, 0.2) is 24.3 Å². The molecule has 0 aliphatic carbocycles. The second-order valence-corrected chi connectivity index (χ2v) is 3.58. The van der Waals surface area contributed by atoms with Crippen molar-refractivity contribution in [2.45, 2.75) is 19.4 Å². The van der Waals surface area contributed by atoms with Gasteiger partial charge in [-0.1, -0.05) is 18.2 Å². The van der Waals surface area contributed by atoms with Gasteiger partial charge in [0.2, 0.25) is 5.91 Å². The van der Waals surface area contributed by atoms with Crippen LogP contribution in [0.4, 0.5) is 0 Å². The van der Waals surface area contributed by atoms with Crippen LogP contribution in [0.3, 0.4) is 0 Å². The molecule has 1 amide bonds. The van der Waals surface area contributed by atoms with Gasteiger partial charge >= 0.3 is 0 Å². The van der Waals surface area contributed by atoms with E-state index in [1.54, 1.807) is 19.2 Å². The third-order valence-electron chi connectivity index (χ3n) is 2.34. The lowest BCUT2D eigenvalue weighted by molar-refractivity contribution is -0.120. The molecule has 0 atom stereocenters. The first kappa shape index (κ1) is 12.5. The molecule has 1 aromatic carbocycles. The molecular weight excluding hydrogens is 204 g/mol. The molecule has 4 nitrogen and oxygen atoms in total. The maximum Gasteiger partial charge on any atom is 0.219 e. The first-order chi connectivity index (χ1) is 7.74. The average molecular weight is 222 g/mol. The van der Waals surface area contributed by atoms with Gasteiger partial charge in [-0.3, -0.25) is 4.79 Å². The normalized spacial score (nSPS) is 10.1. The van der Waals surface area contributed by atoms with Crippen molar-refractivity contribution in [3.05, 3.63) is 29.8 Å². The van der Waals surface area contributed by atoms with Crippen LogP contribution in [-0.2, 0) is 11.3 Å². The Kier molecular flexibility index (Phi) is 5.36. The van der Waals surface area contributed by atoms with Gasteiger partial charge in [-0.2, -0.15) is 0 Å². The molecule has 0 saturated heterocycles. The zero-order valence-electron chi connectivity index (χ0n) is 9.49. The fourth-order valence-electron chi connectivity index (χ4n) is 1.38. The minimum Gasteiger partial charge on any atom is -0.508 e. The SMILES string of the molecule is CNC(=O)CCCNCc1ccccc1O. The average Bonchev–Trinajstić information content (AvgIpc) is 2.30. The van der Waals surface area contributed by atoms with E-state index >= 15 is 0 Å². The van der Waals surface area contributed by atoms with Gasteiger partial charge in [-0.05, 0) is 19.0 Å². The van der Waals surface area contributed by atoms with E-state index in [2.05, 4.69) is 10.6 Å². The summed E-state index contributed by atoms with van der Waals surface area (Å²) in [6.07, 6.45) is 1.33. The van der Waals surface area contributed by atoms with Gasteiger partial charge < -0.3 is 15.7 Å². The predicted octanol–water partition coefficient (Wildman–Crippen LogP) is 1.01. The highest BCUT2D eigenvalue weighted by molar-refractivity contribution is 5.75. The van der Waals surface area contributed by atoms with Gasteiger partial charge in [0.05, 0.1) is 0 Å². The highest BCUT2D eigenvalue weighted by Crippen LogP contribution is 2.14. The molecule has 0 aliphatic heterocycles. The smallest absolute Gasteiger partial charge is 0.219 e. The number of rotatable bonds is 6. The van der Waals surface area contributed by atoms with Crippen molar-refractivity contribution in [1.82, 2.24) is 10.6 Å². The minimum atomic E-state index is 0.0596. The van der Waals surface area contributed by atoms with Crippen molar-refractivity contribution in [2.24, 2.45) is 0 Å². The van der Waals surface area contributed by atoms with E-state index in [-0.39, 0.29) is 5.91 Å². The molecule has 0 saturated carbocycles. The number of para-hydroxylation sites is 1. The van der Waals surface area contributed by atoms with Gasteiger partial charge in [0.15, 0.2) is 0 Å². The van der Waals surface area contributed by atoms with Crippen molar-refractivity contribution >= 4 is 5.91 Å². The van der Waals surface area contributed by atoms with Crippen molar-refractivity contribution in [3.8, 4) is 5.75 Å². The van der Waals surface area contributed by atoms with Crippen LogP contribution in [0.25, 0.3) is 0 Å². The largest absolute Gasteiger partial charge is 0.508 e. The summed E-state index contributed by atoms with van der Waals surface area (Å²) in [4.78, 5) is 10.9. The standard InChI is InChI=1S/C12H18N2O2/c1-13-12(16)7-4-8-14-9-10-5-2-3-6-11(10)15/h2-3,5-6,14-15H,4,7-9H2,1H3,(H,13,16). The topological polar surface area (TPSA) is 61.4 Å². The number of amides is 1. The molecule has 0 aromatic heterocycles. The van der Waals surface area contributed by atoms with Gasteiger partial charge in [-0.15, -0.1) is 0 Å². The summed E-state index contributed by atoms with van der Waals surface area (Å²) in [6.45, 7) is 1.39. The van der Waals surface area contributed by atoms with Gasteiger partial charge in [0.1, 0.15) is 5.75 Å². The Bertz CT molecular complexity index is 340. The number of nitrogens with one attached hydrogen (secondary N) is 2. The zero-order valence-corrected chi connectivity index (χ0v) is 9.49. The Balaban J connectivity index is 2.17. The first-order valence-electron chi connectivity index (χ1n) is 5.42. The molecule has 0 spiro atoms. The predicted molar refractivity (Wildman–Crippen MR) is 63.1 cm³/mol. The van der Waals surface area contributed by atoms with Crippen LogP contribution in [0.1, 0.15) is 18.4 Å². The Hall–Kier alpha value is -1.55. The number of hydrogen-bond donors (Lipinski definition) is 3. The third kappa shape index (κ3) is 4.31. The van der Waals surface area contributed by atoms with Gasteiger partial charge in [0, 0.05) is 25.6 Å². The number of carbonyl (C=O) groups excluding carboxylic acids is 1. The van der Waals surface area contributed by atoms with Gasteiger partial charge in [-0.25, -0.2) is 0 Å². The summed E-state index contributed by atoms with van der Waals surface area (Å²) >= 11 is 0. The quantitative estimate of drug-likeness (QED) is 0.629. The number of carbonyl (C=O) groups is 1. The third-order valence-corrected chi connectivity index (χ3v) is 2.34. The Morgan fingerprint density at radius 1 is 1.38 bits per heavy atom. The lowest BCUT2D eigenvalue weighted by Gasteiger charge is -2.06. The molecular formula is C12H18N2O2. The monoisotopic (exact) mass is 222 g/mol. The number of benzene rings is 1. The molecule has 1 aromatic rings. The lowest BCUT2D eigenvalue weighted by atomic mass is 10.2. The first-order valence-corrected chi connectivity index (χ1v) is 5.42. The van der Waals surface area contributed by atoms with E-state index in [0.29, 0.717) is 18.7 Å². The summed E-state index contributed by atoms with van der Waals surface area (Å²) in [5.41, 5.74) is 0.877. The minimum absolute atomic E-state index is 0.0596. The van der Waals surface area contributed by atoms with Crippen LogP contribution in [-0.4, -0.2) is 24.6 Å². The van der Waals surface area contributed by atoms with E-state index in [0.717, 1.165) is 18.5 Å². The van der Waals surface area contributed by atoms with E-state index in [1.807, 2.05) is 12.1 Å². The van der Waals surface area contributed by atoms with E-state index in [1.165, 1.54) is 0 Å². The van der Waals surface area contributed by atoms with Crippen molar-refractivity contribution in [1.29, 1.82) is 0 Å². The Labute approximate surface area is 95.7 Å². The molecule has 0 bridgehead atoms. The number of phenolic OH excluding ortho intramolecular Hbond substituents is 1. The molecule has 4 heteroatoms. The zero-order chi connectivity index (χ0) is 11.8. The lowest BCUT2D eigenvalue weighted by Crippen LogP contribution is -2.20. The van der Waals surface area contributed by atoms with Crippen molar-refractivity contribution < 1.29 is 9.90 Å². The fraction of sp³-hybridized carbons (Fsp3) is 0.417. The molecule has 0 unspecified atom stereocenters.